The van der Waals surface area contributed by atoms with Gasteiger partial charge in [-0.1, -0.05) is 0 Å². The van der Waals surface area contributed by atoms with Crippen LogP contribution in [0.3, 0.4) is 0 Å². The van der Waals surface area contributed by atoms with Crippen molar-refractivity contribution in [3.63, 3.8) is 0 Å². The molecule has 1 N–H and O–H groups in total. The zero-order chi connectivity index (χ0) is 12.7. The molecule has 0 amide bonds. The topological polar surface area (TPSA) is 33.1 Å². The standard InChI is InChI=1S/C14H24N4/c1-10-13(8-15-12-6-7-12)14(18(3)16-10)17(2)9-11-4-5-11/h11-12,15H,4-9H2,1-3H3. The molecule has 100 valence electrons. The van der Waals surface area contributed by atoms with E-state index in [2.05, 4.69) is 36.3 Å². The van der Waals surface area contributed by atoms with Gasteiger partial charge < -0.3 is 10.2 Å². The van der Waals surface area contributed by atoms with Crippen molar-refractivity contribution in [1.29, 1.82) is 0 Å². The van der Waals surface area contributed by atoms with Crippen molar-refractivity contribution in [1.82, 2.24) is 15.1 Å². The molecule has 2 aliphatic rings. The van der Waals surface area contributed by atoms with Gasteiger partial charge in [-0.25, -0.2) is 0 Å². The van der Waals surface area contributed by atoms with E-state index in [-0.39, 0.29) is 0 Å². The van der Waals surface area contributed by atoms with E-state index in [1.165, 1.54) is 49.3 Å². The fraction of sp³-hybridized carbons (Fsp3) is 0.786. The van der Waals surface area contributed by atoms with Gasteiger partial charge in [0, 0.05) is 38.8 Å². The summed E-state index contributed by atoms with van der Waals surface area (Å²) in [5, 5.41) is 8.20. The SMILES string of the molecule is Cc1nn(C)c(N(C)CC2CC2)c1CNC1CC1. The summed E-state index contributed by atoms with van der Waals surface area (Å²) in [6.45, 7) is 4.27. The van der Waals surface area contributed by atoms with E-state index in [9.17, 15) is 0 Å². The molecule has 0 atom stereocenters. The number of hydrogen-bond donors (Lipinski definition) is 1. The van der Waals surface area contributed by atoms with Crippen molar-refractivity contribution in [2.24, 2.45) is 13.0 Å². The quantitative estimate of drug-likeness (QED) is 0.833. The van der Waals surface area contributed by atoms with Crippen molar-refractivity contribution in [2.75, 3.05) is 18.5 Å². The monoisotopic (exact) mass is 248 g/mol. The van der Waals surface area contributed by atoms with Crippen LogP contribution < -0.4 is 10.2 Å². The summed E-state index contributed by atoms with van der Waals surface area (Å²) in [5.74, 6) is 2.21. The van der Waals surface area contributed by atoms with E-state index in [4.69, 9.17) is 0 Å². The van der Waals surface area contributed by atoms with Gasteiger partial charge in [-0.2, -0.15) is 5.10 Å². The fourth-order valence-electron chi connectivity index (χ4n) is 2.68. The summed E-state index contributed by atoms with van der Waals surface area (Å²) >= 11 is 0. The second-order valence-corrected chi connectivity index (χ2v) is 5.99. The molecule has 4 nitrogen and oxygen atoms in total. The zero-order valence-electron chi connectivity index (χ0n) is 11.7. The molecule has 0 aromatic carbocycles. The van der Waals surface area contributed by atoms with Crippen LogP contribution in [0.15, 0.2) is 0 Å². The van der Waals surface area contributed by atoms with Crippen molar-refractivity contribution in [3.05, 3.63) is 11.3 Å². The normalized spacial score (nSPS) is 19.3. The van der Waals surface area contributed by atoms with Crippen molar-refractivity contribution in [3.8, 4) is 0 Å². The number of nitrogens with zero attached hydrogens (tertiary/aromatic N) is 3. The molecule has 4 heteroatoms. The highest BCUT2D eigenvalue weighted by Gasteiger charge is 2.27. The predicted octanol–water partition coefficient (Wildman–Crippen LogP) is 1.83. The summed E-state index contributed by atoms with van der Waals surface area (Å²) in [5.41, 5.74) is 2.55. The fourth-order valence-corrected chi connectivity index (χ4v) is 2.68. The van der Waals surface area contributed by atoms with Crippen molar-refractivity contribution >= 4 is 5.82 Å². The number of aryl methyl sites for hydroxylation is 2. The summed E-state index contributed by atoms with van der Waals surface area (Å²) in [7, 11) is 4.27. The minimum absolute atomic E-state index is 0.756. The maximum absolute atomic E-state index is 4.59. The second kappa shape index (κ2) is 4.57. The van der Waals surface area contributed by atoms with E-state index >= 15 is 0 Å². The molecule has 0 aliphatic heterocycles. The summed E-state index contributed by atoms with van der Waals surface area (Å²) in [6.07, 6.45) is 5.48. The molecule has 0 unspecified atom stereocenters. The van der Waals surface area contributed by atoms with Gasteiger partial charge in [-0.15, -0.1) is 0 Å². The largest absolute Gasteiger partial charge is 0.359 e. The van der Waals surface area contributed by atoms with Gasteiger partial charge in [0.15, 0.2) is 0 Å². The molecular weight excluding hydrogens is 224 g/mol. The lowest BCUT2D eigenvalue weighted by Crippen LogP contribution is -2.25. The molecule has 0 radical (unpaired) electrons. The Morgan fingerprint density at radius 1 is 1.33 bits per heavy atom. The molecule has 0 spiro atoms. The van der Waals surface area contributed by atoms with Crippen LogP contribution in [0.25, 0.3) is 0 Å². The number of aromatic nitrogens is 2. The van der Waals surface area contributed by atoms with E-state index in [1.54, 1.807) is 0 Å². The maximum atomic E-state index is 4.59. The first-order valence-corrected chi connectivity index (χ1v) is 7.12. The Balaban J connectivity index is 1.75. The first kappa shape index (κ1) is 12.0. The molecule has 3 rings (SSSR count). The Morgan fingerprint density at radius 2 is 2.06 bits per heavy atom. The molecule has 2 fully saturated rings. The molecule has 2 aliphatic carbocycles. The van der Waals surface area contributed by atoms with E-state index in [0.717, 1.165) is 18.5 Å². The van der Waals surface area contributed by atoms with Crippen LogP contribution >= 0.6 is 0 Å². The maximum Gasteiger partial charge on any atom is 0.131 e. The lowest BCUT2D eigenvalue weighted by atomic mass is 10.2. The van der Waals surface area contributed by atoms with Crippen LogP contribution in [-0.4, -0.2) is 29.4 Å². The van der Waals surface area contributed by atoms with Crippen LogP contribution in [0.1, 0.15) is 36.9 Å². The summed E-state index contributed by atoms with van der Waals surface area (Å²) in [6, 6.07) is 0.756. The Kier molecular flexibility index (Phi) is 3.06. The van der Waals surface area contributed by atoms with Crippen LogP contribution in [-0.2, 0) is 13.6 Å². The van der Waals surface area contributed by atoms with E-state index < -0.39 is 0 Å². The van der Waals surface area contributed by atoms with E-state index in [0.29, 0.717) is 0 Å². The van der Waals surface area contributed by atoms with Crippen LogP contribution in [0.5, 0.6) is 0 Å². The van der Waals surface area contributed by atoms with Gasteiger partial charge in [0.1, 0.15) is 5.82 Å². The Hall–Kier alpha value is -1.03. The first-order valence-electron chi connectivity index (χ1n) is 7.12. The summed E-state index contributed by atoms with van der Waals surface area (Å²) < 4.78 is 2.04. The first-order chi connectivity index (χ1) is 8.65. The molecule has 1 heterocycles. The van der Waals surface area contributed by atoms with Gasteiger partial charge in [-0.05, 0) is 38.5 Å². The van der Waals surface area contributed by atoms with Crippen LogP contribution in [0.4, 0.5) is 5.82 Å². The molecule has 0 saturated heterocycles. The van der Waals surface area contributed by atoms with Gasteiger partial charge in [0.05, 0.1) is 5.69 Å². The van der Waals surface area contributed by atoms with Crippen LogP contribution in [0, 0.1) is 12.8 Å². The van der Waals surface area contributed by atoms with Gasteiger partial charge in [-0.3, -0.25) is 4.68 Å². The number of rotatable bonds is 6. The Bertz CT molecular complexity index is 429. The third kappa shape index (κ3) is 2.53. The predicted molar refractivity (Wildman–Crippen MR) is 73.8 cm³/mol. The lowest BCUT2D eigenvalue weighted by Gasteiger charge is -2.21. The average Bonchev–Trinajstić information content (AvgIpc) is 3.17. The Labute approximate surface area is 109 Å². The Morgan fingerprint density at radius 3 is 2.67 bits per heavy atom. The van der Waals surface area contributed by atoms with Crippen LogP contribution in [0.2, 0.25) is 0 Å². The van der Waals surface area contributed by atoms with E-state index in [1.807, 2.05) is 4.68 Å². The number of hydrogen-bond acceptors (Lipinski definition) is 3. The number of nitrogens with one attached hydrogen (secondary N) is 1. The minimum atomic E-state index is 0.756. The summed E-state index contributed by atoms with van der Waals surface area (Å²) in [4.78, 5) is 2.39. The highest BCUT2D eigenvalue weighted by molar-refractivity contribution is 5.49. The third-order valence-corrected chi connectivity index (χ3v) is 4.05. The lowest BCUT2D eigenvalue weighted by molar-refractivity contribution is 0.674. The van der Waals surface area contributed by atoms with Gasteiger partial charge >= 0.3 is 0 Å². The molecule has 18 heavy (non-hydrogen) atoms. The molecule has 1 aromatic heterocycles. The molecular formula is C14H24N4. The second-order valence-electron chi connectivity index (χ2n) is 5.99. The molecule has 1 aromatic rings. The zero-order valence-corrected chi connectivity index (χ0v) is 11.7. The van der Waals surface area contributed by atoms with Gasteiger partial charge in [0.2, 0.25) is 0 Å². The molecule has 0 bridgehead atoms. The van der Waals surface area contributed by atoms with Gasteiger partial charge in [0.25, 0.3) is 0 Å². The highest BCUT2D eigenvalue weighted by Crippen LogP contribution is 2.32. The van der Waals surface area contributed by atoms with Crippen molar-refractivity contribution < 1.29 is 0 Å². The highest BCUT2D eigenvalue weighted by atomic mass is 15.4. The molecule has 2 saturated carbocycles. The third-order valence-electron chi connectivity index (χ3n) is 4.05. The smallest absolute Gasteiger partial charge is 0.131 e. The van der Waals surface area contributed by atoms with Crippen molar-refractivity contribution in [2.45, 2.75) is 45.2 Å². The average molecular weight is 248 g/mol. The number of anilines is 1. The minimum Gasteiger partial charge on any atom is -0.359 e.